The summed E-state index contributed by atoms with van der Waals surface area (Å²) in [5.74, 6) is 0.662. The van der Waals surface area contributed by atoms with Gasteiger partial charge >= 0.3 is 0 Å². The first-order valence-corrected chi connectivity index (χ1v) is 6.61. The molecule has 3 heteroatoms. The maximum atomic E-state index is 10.1. The van der Waals surface area contributed by atoms with Crippen molar-refractivity contribution in [2.75, 3.05) is 0 Å². The van der Waals surface area contributed by atoms with Crippen LogP contribution in [0.5, 0.6) is 5.88 Å². The first-order chi connectivity index (χ1) is 9.59. The van der Waals surface area contributed by atoms with Gasteiger partial charge in [0.2, 0.25) is 5.88 Å². The average molecular weight is 264 g/mol. The second-order valence-electron chi connectivity index (χ2n) is 5.38. The summed E-state index contributed by atoms with van der Waals surface area (Å²) in [7, 11) is 0. The number of hydrogen-bond donors (Lipinski definition) is 1. The molecule has 0 spiro atoms. The Bertz CT molecular complexity index is 751. The van der Waals surface area contributed by atoms with E-state index in [4.69, 9.17) is 0 Å². The standard InChI is InChI=1S/C17H16N2O/c1-17(2,12-8-4-3-5-9-12)16-18-14-11-7-6-10-13(14)15(20)19-16/h3-11H,1-2H3,(H,18,19,20). The van der Waals surface area contributed by atoms with Gasteiger partial charge in [-0.3, -0.25) is 0 Å². The highest BCUT2D eigenvalue weighted by molar-refractivity contribution is 5.83. The van der Waals surface area contributed by atoms with Gasteiger partial charge in [0.05, 0.1) is 10.9 Å². The van der Waals surface area contributed by atoms with Crippen molar-refractivity contribution in [1.29, 1.82) is 0 Å². The lowest BCUT2D eigenvalue weighted by atomic mass is 9.83. The molecular weight excluding hydrogens is 248 g/mol. The molecule has 1 N–H and O–H groups in total. The molecule has 3 rings (SSSR count). The van der Waals surface area contributed by atoms with E-state index in [1.165, 1.54) is 0 Å². The highest BCUT2D eigenvalue weighted by Crippen LogP contribution is 2.31. The van der Waals surface area contributed by atoms with Crippen molar-refractivity contribution < 1.29 is 5.11 Å². The average Bonchev–Trinajstić information content (AvgIpc) is 2.48. The smallest absolute Gasteiger partial charge is 0.222 e. The van der Waals surface area contributed by atoms with E-state index >= 15 is 0 Å². The molecule has 0 aliphatic carbocycles. The largest absolute Gasteiger partial charge is 0.493 e. The molecule has 20 heavy (non-hydrogen) atoms. The van der Waals surface area contributed by atoms with E-state index in [9.17, 15) is 5.11 Å². The minimum absolute atomic E-state index is 0.0367. The van der Waals surface area contributed by atoms with Gasteiger partial charge in [0.15, 0.2) is 0 Å². The molecule has 0 bridgehead atoms. The molecule has 1 aromatic heterocycles. The number of aromatic nitrogens is 2. The fraction of sp³-hybridized carbons (Fsp3) is 0.176. The van der Waals surface area contributed by atoms with Crippen molar-refractivity contribution in [3.05, 3.63) is 66.0 Å². The van der Waals surface area contributed by atoms with Crippen LogP contribution in [0.15, 0.2) is 54.6 Å². The van der Waals surface area contributed by atoms with E-state index in [0.717, 1.165) is 11.1 Å². The summed E-state index contributed by atoms with van der Waals surface area (Å²) in [5.41, 5.74) is 1.52. The Morgan fingerprint density at radius 3 is 2.25 bits per heavy atom. The van der Waals surface area contributed by atoms with Crippen LogP contribution < -0.4 is 0 Å². The number of para-hydroxylation sites is 1. The summed E-state index contributed by atoms with van der Waals surface area (Å²) in [5, 5.41) is 10.8. The van der Waals surface area contributed by atoms with E-state index in [0.29, 0.717) is 11.2 Å². The Balaban J connectivity index is 2.19. The van der Waals surface area contributed by atoms with Crippen LogP contribution in [0.4, 0.5) is 0 Å². The first kappa shape index (κ1) is 12.6. The lowest BCUT2D eigenvalue weighted by Crippen LogP contribution is -2.22. The molecule has 0 aliphatic rings. The summed E-state index contributed by atoms with van der Waals surface area (Å²) in [6.45, 7) is 4.12. The lowest BCUT2D eigenvalue weighted by molar-refractivity contribution is 0.448. The summed E-state index contributed by atoms with van der Waals surface area (Å²) in [4.78, 5) is 8.91. The minimum Gasteiger partial charge on any atom is -0.493 e. The van der Waals surface area contributed by atoms with Gasteiger partial charge in [0, 0.05) is 5.41 Å². The van der Waals surface area contributed by atoms with E-state index < -0.39 is 0 Å². The molecule has 0 fully saturated rings. The predicted molar refractivity (Wildman–Crippen MR) is 79.8 cm³/mol. The van der Waals surface area contributed by atoms with Crippen LogP contribution in [0.1, 0.15) is 25.2 Å². The second kappa shape index (κ2) is 4.60. The normalized spacial score (nSPS) is 11.7. The highest BCUT2D eigenvalue weighted by Gasteiger charge is 2.27. The van der Waals surface area contributed by atoms with Gasteiger partial charge in [-0.1, -0.05) is 42.5 Å². The Kier molecular flexibility index (Phi) is 2.90. The van der Waals surface area contributed by atoms with Crippen molar-refractivity contribution in [2.24, 2.45) is 0 Å². The van der Waals surface area contributed by atoms with Crippen molar-refractivity contribution in [2.45, 2.75) is 19.3 Å². The Hall–Kier alpha value is -2.42. The van der Waals surface area contributed by atoms with Crippen LogP contribution in [0.2, 0.25) is 0 Å². The third kappa shape index (κ3) is 2.01. The third-order valence-corrected chi connectivity index (χ3v) is 3.64. The van der Waals surface area contributed by atoms with Crippen molar-refractivity contribution in [1.82, 2.24) is 9.97 Å². The molecule has 3 nitrogen and oxygen atoms in total. The number of nitrogens with zero attached hydrogens (tertiary/aromatic N) is 2. The second-order valence-corrected chi connectivity index (χ2v) is 5.38. The highest BCUT2D eigenvalue weighted by atomic mass is 16.3. The zero-order valence-corrected chi connectivity index (χ0v) is 11.5. The maximum Gasteiger partial charge on any atom is 0.222 e. The molecule has 2 aromatic carbocycles. The van der Waals surface area contributed by atoms with Gasteiger partial charge in [-0.15, -0.1) is 0 Å². The van der Waals surface area contributed by atoms with Crippen molar-refractivity contribution >= 4 is 10.9 Å². The van der Waals surface area contributed by atoms with E-state index in [-0.39, 0.29) is 11.3 Å². The monoisotopic (exact) mass is 264 g/mol. The zero-order valence-electron chi connectivity index (χ0n) is 11.5. The molecule has 1 heterocycles. The zero-order chi connectivity index (χ0) is 14.2. The molecule has 0 saturated heterocycles. The Labute approximate surface area is 117 Å². The molecule has 0 atom stereocenters. The summed E-state index contributed by atoms with van der Waals surface area (Å²) in [6, 6.07) is 17.6. The molecule has 0 amide bonds. The minimum atomic E-state index is -0.358. The fourth-order valence-electron chi connectivity index (χ4n) is 2.32. The van der Waals surface area contributed by atoms with Crippen molar-refractivity contribution in [3.8, 4) is 5.88 Å². The molecule has 0 aliphatic heterocycles. The predicted octanol–water partition coefficient (Wildman–Crippen LogP) is 3.66. The molecule has 0 saturated carbocycles. The maximum absolute atomic E-state index is 10.1. The molecular formula is C17H16N2O. The van der Waals surface area contributed by atoms with Gasteiger partial charge in [-0.05, 0) is 31.5 Å². The molecule has 100 valence electrons. The van der Waals surface area contributed by atoms with Crippen LogP contribution in [-0.4, -0.2) is 15.1 Å². The Morgan fingerprint density at radius 2 is 1.50 bits per heavy atom. The fourth-order valence-corrected chi connectivity index (χ4v) is 2.32. The van der Waals surface area contributed by atoms with Gasteiger partial charge in [-0.2, -0.15) is 4.98 Å². The van der Waals surface area contributed by atoms with Gasteiger partial charge < -0.3 is 5.11 Å². The molecule has 3 aromatic rings. The van der Waals surface area contributed by atoms with Gasteiger partial charge in [0.25, 0.3) is 0 Å². The van der Waals surface area contributed by atoms with Crippen LogP contribution in [0.3, 0.4) is 0 Å². The van der Waals surface area contributed by atoms with Crippen LogP contribution >= 0.6 is 0 Å². The third-order valence-electron chi connectivity index (χ3n) is 3.64. The van der Waals surface area contributed by atoms with Gasteiger partial charge in [-0.25, -0.2) is 4.98 Å². The topological polar surface area (TPSA) is 46.0 Å². The van der Waals surface area contributed by atoms with Crippen LogP contribution in [-0.2, 0) is 5.41 Å². The number of rotatable bonds is 2. The SMILES string of the molecule is CC(C)(c1ccccc1)c1nc(O)c2ccccc2n1. The van der Waals surface area contributed by atoms with Gasteiger partial charge in [0.1, 0.15) is 5.82 Å². The van der Waals surface area contributed by atoms with Crippen molar-refractivity contribution in [3.63, 3.8) is 0 Å². The number of benzene rings is 2. The summed E-state index contributed by atoms with van der Waals surface area (Å²) < 4.78 is 0. The van der Waals surface area contributed by atoms with E-state index in [1.807, 2.05) is 42.5 Å². The van der Waals surface area contributed by atoms with E-state index in [1.54, 1.807) is 0 Å². The van der Waals surface area contributed by atoms with Crippen LogP contribution in [0, 0.1) is 0 Å². The lowest BCUT2D eigenvalue weighted by Gasteiger charge is -2.24. The summed E-state index contributed by atoms with van der Waals surface area (Å²) in [6.07, 6.45) is 0. The van der Waals surface area contributed by atoms with Crippen LogP contribution in [0.25, 0.3) is 10.9 Å². The number of aromatic hydroxyl groups is 1. The number of fused-ring (bicyclic) bond motifs is 1. The first-order valence-electron chi connectivity index (χ1n) is 6.61. The molecule has 0 radical (unpaired) electrons. The van der Waals surface area contributed by atoms with E-state index in [2.05, 4.69) is 35.9 Å². The number of hydrogen-bond acceptors (Lipinski definition) is 3. The molecule has 0 unspecified atom stereocenters. The summed E-state index contributed by atoms with van der Waals surface area (Å²) >= 11 is 0. The Morgan fingerprint density at radius 1 is 0.850 bits per heavy atom. The quantitative estimate of drug-likeness (QED) is 0.768.